The van der Waals surface area contributed by atoms with Crippen LogP contribution in [0.25, 0.3) is 6.08 Å². The minimum atomic E-state index is -0.520. The summed E-state index contributed by atoms with van der Waals surface area (Å²) in [6, 6.07) is 12.0. The van der Waals surface area contributed by atoms with Crippen LogP contribution < -0.4 is 14.5 Å². The number of thioether (sulfide) groups is 1. The van der Waals surface area contributed by atoms with E-state index in [1.165, 1.54) is 24.1 Å². The molecule has 2 aromatic rings. The lowest BCUT2D eigenvalue weighted by Crippen LogP contribution is -2.27. The minimum absolute atomic E-state index is 0.161. The molecule has 0 aliphatic carbocycles. The Balaban J connectivity index is 1.91. The van der Waals surface area contributed by atoms with Crippen LogP contribution in [-0.4, -0.2) is 36.4 Å². The van der Waals surface area contributed by atoms with Crippen LogP contribution in [0.15, 0.2) is 47.4 Å². The molecule has 3 rings (SSSR count). The fraction of sp³-hybridized carbons (Fsp3) is 0.158. The van der Waals surface area contributed by atoms with Gasteiger partial charge in [0.2, 0.25) is 0 Å². The summed E-state index contributed by atoms with van der Waals surface area (Å²) in [6.07, 6.45) is 1.60. The lowest BCUT2D eigenvalue weighted by Gasteiger charge is -2.17. The van der Waals surface area contributed by atoms with Gasteiger partial charge in [0.05, 0.1) is 22.6 Å². The van der Waals surface area contributed by atoms with Gasteiger partial charge in [0, 0.05) is 25.8 Å². The predicted octanol–water partition coefficient (Wildman–Crippen LogP) is 4.08. The number of anilines is 2. The molecule has 0 spiro atoms. The number of benzene rings is 2. The molecule has 7 nitrogen and oxygen atoms in total. The van der Waals surface area contributed by atoms with Crippen LogP contribution in [0.2, 0.25) is 0 Å². The minimum Gasteiger partial charge on any atom is -0.490 e. The zero-order chi connectivity index (χ0) is 20.4. The number of hydrogen-bond donors (Lipinski definition) is 0. The van der Waals surface area contributed by atoms with Crippen molar-refractivity contribution in [1.82, 2.24) is 0 Å². The Morgan fingerprint density at radius 3 is 2.46 bits per heavy atom. The number of thiocarbonyl (C=S) groups is 1. The van der Waals surface area contributed by atoms with Crippen molar-refractivity contribution in [2.75, 3.05) is 31.0 Å². The molecule has 144 valence electrons. The van der Waals surface area contributed by atoms with Crippen LogP contribution >= 0.6 is 24.0 Å². The number of nitro groups is 1. The number of methoxy groups -OCH3 is 1. The number of rotatable bonds is 5. The summed E-state index contributed by atoms with van der Waals surface area (Å²) in [6.45, 7) is 0. The van der Waals surface area contributed by atoms with E-state index < -0.39 is 4.92 Å². The highest BCUT2D eigenvalue weighted by Gasteiger charge is 2.33. The zero-order valence-corrected chi connectivity index (χ0v) is 17.0. The highest BCUT2D eigenvalue weighted by Crippen LogP contribution is 2.37. The molecule has 0 saturated carbocycles. The molecule has 0 unspecified atom stereocenters. The van der Waals surface area contributed by atoms with Crippen LogP contribution in [-0.2, 0) is 4.79 Å². The van der Waals surface area contributed by atoms with Crippen molar-refractivity contribution in [2.45, 2.75) is 0 Å². The first-order chi connectivity index (χ1) is 13.3. The van der Waals surface area contributed by atoms with Gasteiger partial charge in [-0.2, -0.15) is 0 Å². The van der Waals surface area contributed by atoms with Crippen LogP contribution in [0.5, 0.6) is 5.75 Å². The van der Waals surface area contributed by atoms with Crippen molar-refractivity contribution in [3.8, 4) is 5.75 Å². The van der Waals surface area contributed by atoms with E-state index in [9.17, 15) is 14.9 Å². The third-order valence-electron chi connectivity index (χ3n) is 4.12. The molecule has 1 heterocycles. The van der Waals surface area contributed by atoms with E-state index in [1.54, 1.807) is 12.1 Å². The molecule has 1 fully saturated rings. The molecule has 0 atom stereocenters. The molecule has 28 heavy (non-hydrogen) atoms. The Morgan fingerprint density at radius 1 is 1.21 bits per heavy atom. The normalized spacial score (nSPS) is 15.2. The van der Waals surface area contributed by atoms with Gasteiger partial charge in [0.25, 0.3) is 5.91 Å². The summed E-state index contributed by atoms with van der Waals surface area (Å²) in [5.41, 5.74) is 2.05. The average molecular weight is 415 g/mol. The lowest BCUT2D eigenvalue weighted by molar-refractivity contribution is -0.385. The molecule has 1 saturated heterocycles. The van der Waals surface area contributed by atoms with Gasteiger partial charge in [0.15, 0.2) is 10.1 Å². The van der Waals surface area contributed by atoms with Gasteiger partial charge in [-0.05, 0) is 42.0 Å². The topological polar surface area (TPSA) is 75.9 Å². The number of amides is 1. The Morgan fingerprint density at radius 2 is 1.89 bits per heavy atom. The van der Waals surface area contributed by atoms with Crippen molar-refractivity contribution in [3.63, 3.8) is 0 Å². The highest BCUT2D eigenvalue weighted by atomic mass is 32.2. The molecule has 2 aromatic carbocycles. The second-order valence-electron chi connectivity index (χ2n) is 6.12. The maximum absolute atomic E-state index is 12.9. The summed E-state index contributed by atoms with van der Waals surface area (Å²) >= 11 is 6.54. The van der Waals surface area contributed by atoms with Gasteiger partial charge in [-0.3, -0.25) is 19.8 Å². The maximum Gasteiger partial charge on any atom is 0.311 e. The summed E-state index contributed by atoms with van der Waals surface area (Å²) < 4.78 is 5.42. The van der Waals surface area contributed by atoms with E-state index in [1.807, 2.05) is 43.3 Å². The molecule has 1 aliphatic rings. The SMILES string of the molecule is COc1ccc(/C=C2/SC(=S)N(c3ccc(N(C)C)cc3)C2=O)cc1[N+](=O)[O-]. The molecule has 0 aromatic heterocycles. The highest BCUT2D eigenvalue weighted by molar-refractivity contribution is 8.27. The lowest BCUT2D eigenvalue weighted by atomic mass is 10.1. The van der Waals surface area contributed by atoms with Crippen LogP contribution in [0.1, 0.15) is 5.56 Å². The van der Waals surface area contributed by atoms with Gasteiger partial charge >= 0.3 is 5.69 Å². The van der Waals surface area contributed by atoms with Crippen molar-refractivity contribution in [1.29, 1.82) is 0 Å². The van der Waals surface area contributed by atoms with E-state index >= 15 is 0 Å². The number of hydrogen-bond acceptors (Lipinski definition) is 7. The molecule has 0 radical (unpaired) electrons. The van der Waals surface area contributed by atoms with Gasteiger partial charge in [-0.15, -0.1) is 0 Å². The quantitative estimate of drug-likeness (QED) is 0.315. The summed E-state index contributed by atoms with van der Waals surface area (Å²) in [4.78, 5) is 27.4. The standard InChI is InChI=1S/C19H17N3O4S2/c1-20(2)13-5-7-14(8-6-13)21-18(23)17(28-19(21)27)11-12-4-9-16(26-3)15(10-12)22(24)25/h4-11H,1-3H3/b17-11+. The summed E-state index contributed by atoms with van der Waals surface area (Å²) in [7, 11) is 5.24. The van der Waals surface area contributed by atoms with E-state index in [2.05, 4.69) is 0 Å². The smallest absolute Gasteiger partial charge is 0.311 e. The fourth-order valence-corrected chi connectivity index (χ4v) is 3.98. The van der Waals surface area contributed by atoms with Crippen LogP contribution in [0.4, 0.5) is 17.1 Å². The first kappa shape index (κ1) is 19.8. The molecular formula is C19H17N3O4S2. The van der Waals surface area contributed by atoms with E-state index in [0.717, 1.165) is 17.4 Å². The molecule has 1 amide bonds. The Hall–Kier alpha value is -2.91. The maximum atomic E-state index is 12.9. The van der Waals surface area contributed by atoms with E-state index in [-0.39, 0.29) is 17.3 Å². The van der Waals surface area contributed by atoms with Crippen molar-refractivity contribution < 1.29 is 14.5 Å². The number of nitro benzene ring substituents is 1. The van der Waals surface area contributed by atoms with Gasteiger partial charge in [-0.1, -0.05) is 30.0 Å². The fourth-order valence-electron chi connectivity index (χ4n) is 2.68. The number of carbonyl (C=O) groups is 1. The molecule has 0 N–H and O–H groups in total. The number of ether oxygens (including phenoxy) is 1. The Bertz CT molecular complexity index is 987. The summed E-state index contributed by atoms with van der Waals surface area (Å²) in [5.74, 6) is -0.0956. The molecular weight excluding hydrogens is 398 g/mol. The molecule has 0 bridgehead atoms. The Labute approximate surface area is 171 Å². The third-order valence-corrected chi connectivity index (χ3v) is 5.42. The third kappa shape index (κ3) is 3.85. The molecule has 9 heteroatoms. The average Bonchev–Trinajstić information content (AvgIpc) is 2.95. The monoisotopic (exact) mass is 415 g/mol. The van der Waals surface area contributed by atoms with Crippen molar-refractivity contribution in [2.24, 2.45) is 0 Å². The van der Waals surface area contributed by atoms with Crippen LogP contribution in [0.3, 0.4) is 0 Å². The first-order valence-electron chi connectivity index (χ1n) is 8.19. The zero-order valence-electron chi connectivity index (χ0n) is 15.4. The second-order valence-corrected chi connectivity index (χ2v) is 7.79. The number of carbonyl (C=O) groups excluding carboxylic acids is 1. The van der Waals surface area contributed by atoms with Crippen LogP contribution in [0, 0.1) is 10.1 Å². The Kier molecular flexibility index (Phi) is 5.66. The first-order valence-corrected chi connectivity index (χ1v) is 9.42. The van der Waals surface area contributed by atoms with Crippen molar-refractivity contribution >= 4 is 57.3 Å². The summed E-state index contributed by atoms with van der Waals surface area (Å²) in [5, 5.41) is 11.2. The second kappa shape index (κ2) is 7.99. The van der Waals surface area contributed by atoms with Gasteiger partial charge < -0.3 is 9.64 Å². The predicted molar refractivity (Wildman–Crippen MR) is 116 cm³/mol. The number of nitrogens with zero attached hydrogens (tertiary/aromatic N) is 3. The van der Waals surface area contributed by atoms with E-state index in [4.69, 9.17) is 17.0 Å². The largest absolute Gasteiger partial charge is 0.490 e. The van der Waals surface area contributed by atoms with Crippen molar-refractivity contribution in [3.05, 3.63) is 63.0 Å². The van der Waals surface area contributed by atoms with Gasteiger partial charge in [0.1, 0.15) is 0 Å². The van der Waals surface area contributed by atoms with E-state index in [0.29, 0.717) is 20.5 Å². The molecule has 1 aliphatic heterocycles. The van der Waals surface area contributed by atoms with Gasteiger partial charge in [-0.25, -0.2) is 0 Å².